The molecular weight excluding hydrogens is 367 g/mol. The van der Waals surface area contributed by atoms with Crippen molar-refractivity contribution in [2.75, 3.05) is 18.0 Å². The lowest BCUT2D eigenvalue weighted by molar-refractivity contribution is 0.216. The summed E-state index contributed by atoms with van der Waals surface area (Å²) in [5, 5.41) is 1.32. The second-order valence-electron chi connectivity index (χ2n) is 6.29. The van der Waals surface area contributed by atoms with E-state index in [1.807, 2.05) is 24.3 Å². The van der Waals surface area contributed by atoms with E-state index in [0.29, 0.717) is 10.9 Å². The van der Waals surface area contributed by atoms with Crippen LogP contribution in [-0.4, -0.2) is 24.2 Å². The fourth-order valence-electron chi connectivity index (χ4n) is 3.22. The Morgan fingerprint density at radius 2 is 1.69 bits per heavy atom. The van der Waals surface area contributed by atoms with Crippen LogP contribution in [0.15, 0.2) is 66.9 Å². The first-order chi connectivity index (χ1) is 12.7. The Hall–Kier alpha value is -2.23. The maximum absolute atomic E-state index is 6.29. The molecule has 2 aromatic carbocycles. The quantitative estimate of drug-likeness (QED) is 0.575. The molecule has 1 atom stereocenters. The minimum Gasteiger partial charge on any atom is -0.471 e. The number of halogens is 2. The Kier molecular flexibility index (Phi) is 5.00. The molecule has 0 spiro atoms. The van der Waals surface area contributed by atoms with Gasteiger partial charge in [-0.15, -0.1) is 0 Å². The largest absolute Gasteiger partial charge is 0.471 e. The molecule has 1 saturated heterocycles. The van der Waals surface area contributed by atoms with Crippen molar-refractivity contribution in [3.63, 3.8) is 0 Å². The van der Waals surface area contributed by atoms with Crippen molar-refractivity contribution in [3.8, 4) is 17.0 Å². The molecule has 1 aromatic heterocycles. The van der Waals surface area contributed by atoms with Crippen molar-refractivity contribution in [2.45, 2.75) is 12.5 Å². The van der Waals surface area contributed by atoms with Crippen LogP contribution in [0.25, 0.3) is 11.1 Å². The Balaban J connectivity index is 1.44. The lowest BCUT2D eigenvalue weighted by atomic mass is 10.1. The third-order valence-corrected chi connectivity index (χ3v) is 5.18. The van der Waals surface area contributed by atoms with Gasteiger partial charge < -0.3 is 9.64 Å². The molecule has 0 N–H and O–H groups in total. The highest BCUT2D eigenvalue weighted by molar-refractivity contribution is 6.33. The fraction of sp³-hybridized carbons (Fsp3) is 0.190. The predicted molar refractivity (Wildman–Crippen MR) is 107 cm³/mol. The number of pyridine rings is 1. The van der Waals surface area contributed by atoms with Gasteiger partial charge in [0.2, 0.25) is 5.88 Å². The molecule has 2 heterocycles. The Bertz CT molecular complexity index is 899. The van der Waals surface area contributed by atoms with Gasteiger partial charge in [0.15, 0.2) is 0 Å². The first-order valence-corrected chi connectivity index (χ1v) is 9.33. The monoisotopic (exact) mass is 384 g/mol. The van der Waals surface area contributed by atoms with Gasteiger partial charge in [0.05, 0.1) is 6.54 Å². The van der Waals surface area contributed by atoms with E-state index in [0.717, 1.165) is 35.7 Å². The van der Waals surface area contributed by atoms with E-state index in [4.69, 9.17) is 27.9 Å². The number of hydrogen-bond donors (Lipinski definition) is 0. The number of rotatable bonds is 4. The summed E-state index contributed by atoms with van der Waals surface area (Å²) >= 11 is 12.4. The smallest absolute Gasteiger partial charge is 0.232 e. The van der Waals surface area contributed by atoms with Gasteiger partial charge >= 0.3 is 0 Å². The van der Waals surface area contributed by atoms with Crippen molar-refractivity contribution in [3.05, 3.63) is 76.9 Å². The van der Waals surface area contributed by atoms with Crippen LogP contribution < -0.4 is 9.64 Å². The van der Waals surface area contributed by atoms with E-state index in [9.17, 15) is 0 Å². The molecule has 4 rings (SSSR count). The number of nitrogens with zero attached hydrogens (tertiary/aromatic N) is 2. The molecule has 0 saturated carbocycles. The zero-order valence-electron chi connectivity index (χ0n) is 14.1. The zero-order chi connectivity index (χ0) is 17.9. The van der Waals surface area contributed by atoms with E-state index in [1.165, 1.54) is 5.69 Å². The van der Waals surface area contributed by atoms with Crippen LogP contribution in [0.3, 0.4) is 0 Å². The van der Waals surface area contributed by atoms with Crippen LogP contribution in [-0.2, 0) is 0 Å². The number of aromatic nitrogens is 1. The van der Waals surface area contributed by atoms with Crippen LogP contribution in [0.4, 0.5) is 5.69 Å². The summed E-state index contributed by atoms with van der Waals surface area (Å²) in [4.78, 5) is 6.53. The van der Waals surface area contributed by atoms with Crippen molar-refractivity contribution in [1.29, 1.82) is 0 Å². The molecule has 3 nitrogen and oxygen atoms in total. The highest BCUT2D eigenvalue weighted by Gasteiger charge is 2.25. The molecule has 1 aliphatic heterocycles. The molecule has 0 aliphatic carbocycles. The summed E-state index contributed by atoms with van der Waals surface area (Å²) in [6, 6.07) is 20.0. The van der Waals surface area contributed by atoms with Gasteiger partial charge in [-0.25, -0.2) is 4.98 Å². The third kappa shape index (κ3) is 3.64. The van der Waals surface area contributed by atoms with E-state index >= 15 is 0 Å². The molecular formula is C21H18Cl2N2O. The van der Waals surface area contributed by atoms with Gasteiger partial charge in [-0.05, 0) is 35.9 Å². The van der Waals surface area contributed by atoms with Gasteiger partial charge in [0, 0.05) is 35.4 Å². The maximum Gasteiger partial charge on any atom is 0.232 e. The van der Waals surface area contributed by atoms with E-state index in [1.54, 1.807) is 18.3 Å². The van der Waals surface area contributed by atoms with Gasteiger partial charge in [0.25, 0.3) is 0 Å². The zero-order valence-corrected chi connectivity index (χ0v) is 15.6. The van der Waals surface area contributed by atoms with Crippen molar-refractivity contribution in [2.24, 2.45) is 0 Å². The number of hydrogen-bond acceptors (Lipinski definition) is 3. The van der Waals surface area contributed by atoms with Crippen LogP contribution in [0.1, 0.15) is 6.42 Å². The van der Waals surface area contributed by atoms with Crippen molar-refractivity contribution in [1.82, 2.24) is 4.98 Å². The number of ether oxygens (including phenoxy) is 1. The highest BCUT2D eigenvalue weighted by atomic mass is 35.5. The van der Waals surface area contributed by atoms with Crippen LogP contribution in [0.2, 0.25) is 10.0 Å². The molecule has 0 unspecified atom stereocenters. The second kappa shape index (κ2) is 7.56. The summed E-state index contributed by atoms with van der Waals surface area (Å²) < 4.78 is 5.96. The molecule has 1 aliphatic rings. The SMILES string of the molecule is Clc1ccccc1-c1ccc(N2CC[C@H](Oc3ncccc3Cl)C2)cc1. The lowest BCUT2D eigenvalue weighted by Gasteiger charge is -2.19. The maximum atomic E-state index is 6.29. The normalized spacial score (nSPS) is 16.7. The molecule has 0 radical (unpaired) electrons. The Morgan fingerprint density at radius 1 is 0.923 bits per heavy atom. The summed E-state index contributed by atoms with van der Waals surface area (Å²) in [5.41, 5.74) is 3.35. The van der Waals surface area contributed by atoms with Crippen LogP contribution in [0.5, 0.6) is 5.88 Å². The molecule has 1 fully saturated rings. The van der Waals surface area contributed by atoms with Crippen molar-refractivity contribution < 1.29 is 4.74 Å². The molecule has 3 aromatic rings. The first kappa shape index (κ1) is 17.2. The van der Waals surface area contributed by atoms with Gasteiger partial charge in [-0.3, -0.25) is 0 Å². The Labute approximate surface area is 163 Å². The number of anilines is 1. The molecule has 0 amide bonds. The van der Waals surface area contributed by atoms with Crippen LogP contribution >= 0.6 is 23.2 Å². The third-order valence-electron chi connectivity index (χ3n) is 4.57. The van der Waals surface area contributed by atoms with Crippen molar-refractivity contribution >= 4 is 28.9 Å². The second-order valence-corrected chi connectivity index (χ2v) is 7.11. The van der Waals surface area contributed by atoms with Gasteiger partial charge in [0.1, 0.15) is 11.1 Å². The van der Waals surface area contributed by atoms with Crippen LogP contribution in [0, 0.1) is 0 Å². The standard InChI is InChI=1S/C21H18Cl2N2O/c22-19-5-2-1-4-18(19)15-7-9-16(10-8-15)25-13-11-17(14-25)26-21-20(23)6-3-12-24-21/h1-10,12,17H,11,13-14H2/t17-/m0/s1. The van der Waals surface area contributed by atoms with E-state index in [2.05, 4.69) is 34.1 Å². The number of benzene rings is 2. The minimum absolute atomic E-state index is 0.0886. The molecule has 132 valence electrons. The van der Waals surface area contributed by atoms with E-state index in [-0.39, 0.29) is 6.10 Å². The van der Waals surface area contributed by atoms with E-state index < -0.39 is 0 Å². The average Bonchev–Trinajstić information content (AvgIpc) is 3.13. The highest BCUT2D eigenvalue weighted by Crippen LogP contribution is 2.31. The van der Waals surface area contributed by atoms with Gasteiger partial charge in [-0.1, -0.05) is 53.5 Å². The molecule has 0 bridgehead atoms. The molecule has 26 heavy (non-hydrogen) atoms. The molecule has 5 heteroatoms. The fourth-order valence-corrected chi connectivity index (χ4v) is 3.63. The summed E-state index contributed by atoms with van der Waals surface area (Å²) in [6.07, 6.45) is 2.73. The minimum atomic E-state index is 0.0886. The lowest BCUT2D eigenvalue weighted by Crippen LogP contribution is -2.24. The summed E-state index contributed by atoms with van der Waals surface area (Å²) in [5.74, 6) is 0.509. The predicted octanol–water partition coefficient (Wildman–Crippen LogP) is 5.71. The average molecular weight is 385 g/mol. The summed E-state index contributed by atoms with van der Waals surface area (Å²) in [7, 11) is 0. The Morgan fingerprint density at radius 3 is 2.46 bits per heavy atom. The topological polar surface area (TPSA) is 25.4 Å². The van der Waals surface area contributed by atoms with Gasteiger partial charge in [-0.2, -0.15) is 0 Å². The summed E-state index contributed by atoms with van der Waals surface area (Å²) in [6.45, 7) is 1.76. The first-order valence-electron chi connectivity index (χ1n) is 8.58.